The van der Waals surface area contributed by atoms with Crippen LogP contribution >= 0.6 is 0 Å². The third kappa shape index (κ3) is 2.51. The molecule has 2 rings (SSSR count). The highest BCUT2D eigenvalue weighted by Gasteiger charge is 2.32. The van der Waals surface area contributed by atoms with Crippen molar-refractivity contribution in [3.63, 3.8) is 0 Å². The molecule has 1 aliphatic heterocycles. The lowest BCUT2D eigenvalue weighted by Crippen LogP contribution is -2.24. The highest BCUT2D eigenvalue weighted by Crippen LogP contribution is 2.24. The van der Waals surface area contributed by atoms with Crippen molar-refractivity contribution in [2.75, 3.05) is 12.4 Å². The number of fused-ring (bicyclic) bond motifs is 1. The molecule has 1 heterocycles. The Kier molecular flexibility index (Phi) is 3.51. The first-order chi connectivity index (χ1) is 9.40. The van der Waals surface area contributed by atoms with Crippen molar-refractivity contribution in [1.82, 2.24) is 4.90 Å². The van der Waals surface area contributed by atoms with E-state index >= 15 is 0 Å². The average Bonchev–Trinajstić information content (AvgIpc) is 2.62. The maximum absolute atomic E-state index is 11.8. The fourth-order valence-corrected chi connectivity index (χ4v) is 1.88. The number of carboxylic acid groups (broad SMARTS) is 1. The van der Waals surface area contributed by atoms with E-state index in [1.54, 1.807) is 0 Å². The van der Waals surface area contributed by atoms with Crippen LogP contribution in [0.2, 0.25) is 0 Å². The summed E-state index contributed by atoms with van der Waals surface area (Å²) in [6, 6.07) is 4.38. The molecule has 0 saturated heterocycles. The molecule has 0 bridgehead atoms. The molecule has 0 radical (unpaired) electrons. The van der Waals surface area contributed by atoms with Crippen LogP contribution in [0.5, 0.6) is 0 Å². The number of hydrogen-bond donors (Lipinski definition) is 2. The van der Waals surface area contributed by atoms with Crippen molar-refractivity contribution in [1.29, 1.82) is 0 Å². The highest BCUT2D eigenvalue weighted by molar-refractivity contribution is 6.21. The minimum Gasteiger partial charge on any atom is -0.481 e. The molecule has 1 aromatic rings. The maximum atomic E-state index is 11.8. The zero-order valence-corrected chi connectivity index (χ0v) is 10.7. The summed E-state index contributed by atoms with van der Waals surface area (Å²) >= 11 is 0. The number of rotatable bonds is 4. The van der Waals surface area contributed by atoms with Crippen LogP contribution in [0.1, 0.15) is 33.6 Å². The average molecular weight is 276 g/mol. The Morgan fingerprint density at radius 1 is 1.15 bits per heavy atom. The number of carboxylic acids is 1. The number of amides is 3. The number of imide groups is 1. The van der Waals surface area contributed by atoms with Gasteiger partial charge in [-0.15, -0.1) is 0 Å². The number of carbonyl (C=O) groups is 4. The van der Waals surface area contributed by atoms with E-state index in [0.717, 1.165) is 4.90 Å². The maximum Gasteiger partial charge on any atom is 0.303 e. The number of nitrogens with one attached hydrogen (secondary N) is 1. The van der Waals surface area contributed by atoms with Crippen molar-refractivity contribution in [2.45, 2.75) is 12.8 Å². The van der Waals surface area contributed by atoms with Crippen LogP contribution in [0.4, 0.5) is 5.69 Å². The minimum atomic E-state index is -1.06. The second kappa shape index (κ2) is 5.12. The second-order valence-corrected chi connectivity index (χ2v) is 4.37. The van der Waals surface area contributed by atoms with Crippen molar-refractivity contribution in [2.24, 2.45) is 0 Å². The third-order valence-electron chi connectivity index (χ3n) is 2.94. The molecule has 0 unspecified atom stereocenters. The quantitative estimate of drug-likeness (QED) is 0.788. The van der Waals surface area contributed by atoms with E-state index in [0.29, 0.717) is 11.3 Å². The Morgan fingerprint density at radius 2 is 1.80 bits per heavy atom. The van der Waals surface area contributed by atoms with Crippen LogP contribution < -0.4 is 5.32 Å². The monoisotopic (exact) mass is 276 g/mol. The first-order valence-corrected chi connectivity index (χ1v) is 5.88. The summed E-state index contributed by atoms with van der Waals surface area (Å²) in [5.41, 5.74) is 0.880. The first-order valence-electron chi connectivity index (χ1n) is 5.88. The Hall–Kier alpha value is -2.70. The Morgan fingerprint density at radius 3 is 2.45 bits per heavy atom. The van der Waals surface area contributed by atoms with Gasteiger partial charge in [-0.1, -0.05) is 0 Å². The zero-order valence-electron chi connectivity index (χ0n) is 10.7. The molecule has 104 valence electrons. The fourth-order valence-electron chi connectivity index (χ4n) is 1.88. The van der Waals surface area contributed by atoms with E-state index in [1.165, 1.54) is 25.2 Å². The lowest BCUT2D eigenvalue weighted by Gasteiger charge is -2.05. The van der Waals surface area contributed by atoms with Gasteiger partial charge in [0.15, 0.2) is 0 Å². The Labute approximate surface area is 114 Å². The van der Waals surface area contributed by atoms with Crippen molar-refractivity contribution in [3.05, 3.63) is 29.3 Å². The molecule has 0 aliphatic carbocycles. The van der Waals surface area contributed by atoms with Crippen LogP contribution in [0, 0.1) is 0 Å². The Balaban J connectivity index is 2.13. The molecule has 1 aliphatic rings. The molecule has 7 nitrogen and oxygen atoms in total. The predicted molar refractivity (Wildman–Crippen MR) is 68.4 cm³/mol. The van der Waals surface area contributed by atoms with Gasteiger partial charge in [0.1, 0.15) is 0 Å². The molecule has 0 saturated carbocycles. The Bertz CT molecular complexity index is 623. The van der Waals surface area contributed by atoms with Crippen LogP contribution in [0.25, 0.3) is 0 Å². The fraction of sp³-hybridized carbons (Fsp3) is 0.231. The number of hydrogen-bond acceptors (Lipinski definition) is 4. The van der Waals surface area contributed by atoms with Gasteiger partial charge >= 0.3 is 5.97 Å². The normalized spacial score (nSPS) is 13.3. The molecule has 0 aromatic heterocycles. The molecule has 0 fully saturated rings. The van der Waals surface area contributed by atoms with Crippen LogP contribution in [0.3, 0.4) is 0 Å². The van der Waals surface area contributed by atoms with Gasteiger partial charge in [0.05, 0.1) is 17.5 Å². The summed E-state index contributed by atoms with van der Waals surface area (Å²) in [6.45, 7) is 0. The van der Waals surface area contributed by atoms with Crippen molar-refractivity contribution in [3.8, 4) is 0 Å². The lowest BCUT2D eigenvalue weighted by molar-refractivity contribution is -0.138. The van der Waals surface area contributed by atoms with Crippen molar-refractivity contribution >= 4 is 29.4 Å². The number of anilines is 1. The lowest BCUT2D eigenvalue weighted by atomic mass is 10.1. The summed E-state index contributed by atoms with van der Waals surface area (Å²) in [4.78, 5) is 46.3. The summed E-state index contributed by atoms with van der Waals surface area (Å²) < 4.78 is 0. The van der Waals surface area contributed by atoms with Gasteiger partial charge in [0, 0.05) is 19.2 Å². The predicted octanol–water partition coefficient (Wildman–Crippen LogP) is 0.716. The van der Waals surface area contributed by atoms with E-state index in [-0.39, 0.29) is 24.3 Å². The summed E-state index contributed by atoms with van der Waals surface area (Å²) in [5, 5.41) is 11.0. The largest absolute Gasteiger partial charge is 0.481 e. The molecular weight excluding hydrogens is 264 g/mol. The molecule has 2 N–H and O–H groups in total. The number of carbonyl (C=O) groups excluding carboxylic acids is 3. The number of nitrogens with zero attached hydrogens (tertiary/aromatic N) is 1. The van der Waals surface area contributed by atoms with Crippen molar-refractivity contribution < 1.29 is 24.3 Å². The standard InChI is InChI=1S/C13H12N2O5/c1-15-12(19)8-3-2-7(6-9(8)13(15)20)14-10(16)4-5-11(17)18/h2-3,6H,4-5H2,1H3,(H,14,16)(H,17,18). The summed E-state index contributed by atoms with van der Waals surface area (Å²) in [5.74, 6) is -2.32. The van der Waals surface area contributed by atoms with Crippen LogP contribution in [0.15, 0.2) is 18.2 Å². The summed E-state index contributed by atoms with van der Waals surface area (Å²) in [7, 11) is 1.38. The topological polar surface area (TPSA) is 104 Å². The number of benzene rings is 1. The van der Waals surface area contributed by atoms with Gasteiger partial charge in [0.25, 0.3) is 11.8 Å². The number of aliphatic carboxylic acids is 1. The van der Waals surface area contributed by atoms with E-state index in [9.17, 15) is 19.2 Å². The van der Waals surface area contributed by atoms with Gasteiger partial charge in [-0.2, -0.15) is 0 Å². The molecule has 0 spiro atoms. The minimum absolute atomic E-state index is 0.154. The third-order valence-corrected chi connectivity index (χ3v) is 2.94. The zero-order chi connectivity index (χ0) is 14.9. The van der Waals surface area contributed by atoms with Crippen LogP contribution in [-0.2, 0) is 9.59 Å². The molecule has 1 aromatic carbocycles. The van der Waals surface area contributed by atoms with Gasteiger partial charge in [-0.25, -0.2) is 0 Å². The van der Waals surface area contributed by atoms with E-state index < -0.39 is 17.8 Å². The van der Waals surface area contributed by atoms with E-state index in [1.807, 2.05) is 0 Å². The molecule has 3 amide bonds. The molecule has 7 heteroatoms. The second-order valence-electron chi connectivity index (χ2n) is 4.37. The van der Waals surface area contributed by atoms with Gasteiger partial charge < -0.3 is 10.4 Å². The summed E-state index contributed by atoms with van der Waals surface area (Å²) in [6.07, 6.45) is -0.421. The van der Waals surface area contributed by atoms with Gasteiger partial charge in [0.2, 0.25) is 5.91 Å². The van der Waals surface area contributed by atoms with Crippen LogP contribution in [-0.4, -0.2) is 40.7 Å². The SMILES string of the molecule is CN1C(=O)c2ccc(NC(=O)CCC(=O)O)cc2C1=O. The first kappa shape index (κ1) is 13.7. The highest BCUT2D eigenvalue weighted by atomic mass is 16.4. The molecule has 0 atom stereocenters. The van der Waals surface area contributed by atoms with E-state index in [2.05, 4.69) is 5.32 Å². The molecule has 20 heavy (non-hydrogen) atoms. The van der Waals surface area contributed by atoms with Gasteiger partial charge in [-0.05, 0) is 18.2 Å². The van der Waals surface area contributed by atoms with E-state index in [4.69, 9.17) is 5.11 Å². The molecular formula is C13H12N2O5. The smallest absolute Gasteiger partial charge is 0.303 e. The van der Waals surface area contributed by atoms with Gasteiger partial charge in [-0.3, -0.25) is 24.1 Å².